The molecule has 0 unspecified atom stereocenters. The third-order valence-corrected chi connectivity index (χ3v) is 7.67. The van der Waals surface area contributed by atoms with E-state index < -0.39 is 11.0 Å². The molecule has 0 radical (unpaired) electrons. The van der Waals surface area contributed by atoms with Gasteiger partial charge in [-0.15, -0.1) is 11.3 Å². The van der Waals surface area contributed by atoms with Crippen molar-refractivity contribution in [1.82, 2.24) is 4.98 Å². The second-order valence-electron chi connectivity index (χ2n) is 9.03. The second-order valence-corrected chi connectivity index (χ2v) is 9.89. The van der Waals surface area contributed by atoms with Gasteiger partial charge >= 0.3 is 0 Å². The van der Waals surface area contributed by atoms with E-state index in [4.69, 9.17) is 9.47 Å². The Kier molecular flexibility index (Phi) is 4.37. The van der Waals surface area contributed by atoms with Gasteiger partial charge in [0, 0.05) is 10.9 Å². The highest BCUT2D eigenvalue weighted by atomic mass is 32.1. The molecule has 2 atom stereocenters. The van der Waals surface area contributed by atoms with Crippen LogP contribution in [-0.4, -0.2) is 35.8 Å². The number of anilines is 1. The molecule has 4 fully saturated rings. The molecular weight excluding hydrogens is 388 g/mol. The summed E-state index contributed by atoms with van der Waals surface area (Å²) in [6, 6.07) is 5.66. The maximum atomic E-state index is 13.2. The van der Waals surface area contributed by atoms with E-state index >= 15 is 0 Å². The van der Waals surface area contributed by atoms with Crippen LogP contribution in [0.4, 0.5) is 5.13 Å². The Bertz CT molecular complexity index is 942. The molecule has 2 N–H and O–H groups in total. The van der Waals surface area contributed by atoms with Gasteiger partial charge in [0.25, 0.3) is 0 Å². The number of amides is 1. The number of carbonyl (C=O) groups is 1. The van der Waals surface area contributed by atoms with Crippen molar-refractivity contribution >= 4 is 22.4 Å². The lowest BCUT2D eigenvalue weighted by molar-refractivity contribution is -0.174. The number of ether oxygens (including phenoxy) is 2. The van der Waals surface area contributed by atoms with Gasteiger partial charge in [0.1, 0.15) is 0 Å². The number of thiazole rings is 1. The molecule has 2 aromatic rings. The van der Waals surface area contributed by atoms with Crippen molar-refractivity contribution in [3.05, 3.63) is 23.6 Å². The minimum absolute atomic E-state index is 0.0261. The number of hydrogen-bond donors (Lipinski definition) is 2. The highest BCUT2D eigenvalue weighted by molar-refractivity contribution is 7.14. The van der Waals surface area contributed by atoms with Crippen LogP contribution in [-0.2, 0) is 4.79 Å². The Labute approximate surface area is 174 Å². The van der Waals surface area contributed by atoms with Crippen LogP contribution in [0.5, 0.6) is 11.5 Å². The smallest absolute Gasteiger partial charge is 0.232 e. The summed E-state index contributed by atoms with van der Waals surface area (Å²) in [6.45, 7) is 0. The topological polar surface area (TPSA) is 80.7 Å². The summed E-state index contributed by atoms with van der Waals surface area (Å²) in [5, 5.41) is 16.5. The van der Waals surface area contributed by atoms with Crippen molar-refractivity contribution < 1.29 is 19.4 Å². The number of rotatable bonds is 5. The van der Waals surface area contributed by atoms with Crippen molar-refractivity contribution in [2.45, 2.75) is 44.1 Å². The lowest BCUT2D eigenvalue weighted by Crippen LogP contribution is -2.59. The molecule has 0 aliphatic heterocycles. The van der Waals surface area contributed by atoms with Crippen LogP contribution in [0.2, 0.25) is 0 Å². The first-order valence-electron chi connectivity index (χ1n) is 10.1. The van der Waals surface area contributed by atoms with Crippen LogP contribution in [0.3, 0.4) is 0 Å². The van der Waals surface area contributed by atoms with E-state index in [2.05, 4.69) is 10.3 Å². The van der Waals surface area contributed by atoms with Gasteiger partial charge in [-0.2, -0.15) is 0 Å². The first kappa shape index (κ1) is 18.9. The van der Waals surface area contributed by atoms with Crippen LogP contribution in [0.25, 0.3) is 11.3 Å². The molecule has 29 heavy (non-hydrogen) atoms. The minimum atomic E-state index is -0.644. The predicted octanol–water partition coefficient (Wildman–Crippen LogP) is 4.10. The maximum absolute atomic E-state index is 13.2. The van der Waals surface area contributed by atoms with Crippen molar-refractivity contribution in [1.29, 1.82) is 0 Å². The quantitative estimate of drug-likeness (QED) is 0.770. The summed E-state index contributed by atoms with van der Waals surface area (Å²) in [6.07, 6.45) is 5.26. The van der Waals surface area contributed by atoms with Crippen LogP contribution < -0.4 is 14.8 Å². The molecule has 1 aromatic carbocycles. The molecule has 0 spiro atoms. The molecule has 1 heterocycles. The zero-order chi connectivity index (χ0) is 20.2. The summed E-state index contributed by atoms with van der Waals surface area (Å²) in [5.74, 6) is 2.29. The van der Waals surface area contributed by atoms with Crippen molar-refractivity contribution in [2.75, 3.05) is 19.5 Å². The Hall–Kier alpha value is -2.12. The highest BCUT2D eigenvalue weighted by Gasteiger charge is 2.60. The largest absolute Gasteiger partial charge is 0.493 e. The molecule has 1 amide bonds. The zero-order valence-electron chi connectivity index (χ0n) is 16.7. The van der Waals surface area contributed by atoms with Gasteiger partial charge in [0.2, 0.25) is 5.91 Å². The Morgan fingerprint density at radius 3 is 2.55 bits per heavy atom. The average molecular weight is 415 g/mol. The van der Waals surface area contributed by atoms with Gasteiger partial charge in [-0.3, -0.25) is 4.79 Å². The van der Waals surface area contributed by atoms with Gasteiger partial charge in [-0.25, -0.2) is 4.98 Å². The number of aliphatic hydroxyl groups is 1. The van der Waals surface area contributed by atoms with E-state index in [9.17, 15) is 9.90 Å². The number of nitrogens with one attached hydrogen (secondary N) is 1. The fourth-order valence-electron chi connectivity index (χ4n) is 6.17. The lowest BCUT2D eigenvalue weighted by Gasteiger charge is -2.59. The Morgan fingerprint density at radius 1 is 1.17 bits per heavy atom. The fraction of sp³-hybridized carbons (Fsp3) is 0.545. The van der Waals surface area contributed by atoms with Gasteiger partial charge < -0.3 is 19.9 Å². The van der Waals surface area contributed by atoms with Crippen molar-refractivity contribution in [3.8, 4) is 22.8 Å². The molecular formula is C22H26N2O4S. The van der Waals surface area contributed by atoms with Crippen molar-refractivity contribution in [2.24, 2.45) is 17.3 Å². The maximum Gasteiger partial charge on any atom is 0.232 e. The molecule has 7 heteroatoms. The Balaban J connectivity index is 1.35. The summed E-state index contributed by atoms with van der Waals surface area (Å²) < 4.78 is 10.7. The standard InChI is InChI=1S/C22H26N2O4S/c1-27-17-4-3-15(6-18(17)28-2)16-11-29-20(23-16)24-19(25)21-7-13-5-14(8-21)10-22(26,9-13)12-21/h3-4,6,11,13-14,26H,5,7-10,12H2,1-2H3,(H,23,24,25)/t13-,14-,21?,22?/m0/s1. The van der Waals surface area contributed by atoms with Gasteiger partial charge in [0.15, 0.2) is 16.6 Å². The number of aromatic nitrogens is 1. The first-order valence-corrected chi connectivity index (χ1v) is 11.0. The normalized spacial score (nSPS) is 32.2. The number of hydrogen-bond acceptors (Lipinski definition) is 6. The van der Waals surface area contributed by atoms with E-state index in [1.807, 2.05) is 23.6 Å². The third kappa shape index (κ3) is 3.20. The SMILES string of the molecule is COc1ccc(-c2csc(NC(=O)C34C[C@@H]5C[C@H](CC(O)(C5)C3)C4)n2)cc1OC. The monoisotopic (exact) mass is 414 g/mol. The minimum Gasteiger partial charge on any atom is -0.493 e. The molecule has 6 rings (SSSR count). The van der Waals surface area contributed by atoms with E-state index in [1.165, 1.54) is 11.3 Å². The lowest BCUT2D eigenvalue weighted by atomic mass is 9.47. The van der Waals surface area contributed by atoms with Crippen LogP contribution in [0.15, 0.2) is 23.6 Å². The summed E-state index contributed by atoms with van der Waals surface area (Å²) >= 11 is 1.42. The number of methoxy groups -OCH3 is 2. The number of benzene rings is 1. The van der Waals surface area contributed by atoms with Gasteiger partial charge in [-0.05, 0) is 68.6 Å². The van der Waals surface area contributed by atoms with Crippen molar-refractivity contribution in [3.63, 3.8) is 0 Å². The molecule has 154 valence electrons. The number of carbonyl (C=O) groups excluding carboxylic acids is 1. The first-order chi connectivity index (χ1) is 13.9. The highest BCUT2D eigenvalue weighted by Crippen LogP contribution is 2.61. The predicted molar refractivity (Wildman–Crippen MR) is 111 cm³/mol. The molecule has 0 saturated heterocycles. The van der Waals surface area contributed by atoms with Crippen LogP contribution >= 0.6 is 11.3 Å². The van der Waals surface area contributed by atoms with E-state index in [0.717, 1.165) is 43.4 Å². The van der Waals surface area contributed by atoms with Gasteiger partial charge in [0.05, 0.1) is 30.9 Å². The average Bonchev–Trinajstić information content (AvgIpc) is 3.14. The zero-order valence-corrected chi connectivity index (χ0v) is 17.6. The van der Waals surface area contributed by atoms with E-state index in [-0.39, 0.29) is 5.91 Å². The molecule has 4 saturated carbocycles. The summed E-state index contributed by atoms with van der Waals surface area (Å²) in [5.41, 5.74) is 0.613. The van der Waals surface area contributed by atoms with Gasteiger partial charge in [-0.1, -0.05) is 0 Å². The molecule has 1 aromatic heterocycles. The molecule has 6 nitrogen and oxygen atoms in total. The molecule has 4 bridgehead atoms. The summed E-state index contributed by atoms with van der Waals surface area (Å²) in [4.78, 5) is 17.9. The molecule has 4 aliphatic carbocycles. The molecule has 4 aliphatic rings. The fourth-order valence-corrected chi connectivity index (χ4v) is 6.88. The van der Waals surface area contributed by atoms with E-state index in [0.29, 0.717) is 34.9 Å². The van der Waals surface area contributed by atoms with Crippen LogP contribution in [0.1, 0.15) is 38.5 Å². The third-order valence-electron chi connectivity index (χ3n) is 6.92. The Morgan fingerprint density at radius 2 is 1.90 bits per heavy atom. The second kappa shape index (κ2) is 6.71. The number of nitrogens with zero attached hydrogens (tertiary/aromatic N) is 1. The van der Waals surface area contributed by atoms with Crippen LogP contribution in [0, 0.1) is 17.3 Å². The summed E-state index contributed by atoms with van der Waals surface area (Å²) in [7, 11) is 3.21. The van der Waals surface area contributed by atoms with E-state index in [1.54, 1.807) is 14.2 Å².